The monoisotopic (exact) mass is 426 g/mol. The van der Waals surface area contributed by atoms with Gasteiger partial charge in [-0.25, -0.2) is 4.79 Å². The number of ketones is 1. The minimum absolute atomic E-state index is 0.0663. The molecule has 1 aliphatic rings. The van der Waals surface area contributed by atoms with E-state index in [9.17, 15) is 9.59 Å². The maximum atomic E-state index is 12.7. The van der Waals surface area contributed by atoms with Gasteiger partial charge < -0.3 is 15.0 Å². The van der Waals surface area contributed by atoms with Gasteiger partial charge in [0.1, 0.15) is 5.60 Å². The van der Waals surface area contributed by atoms with Crippen molar-refractivity contribution in [1.29, 1.82) is 0 Å². The number of aromatic nitrogens is 1. The number of para-hydroxylation sites is 1. The lowest BCUT2D eigenvalue weighted by Gasteiger charge is -2.33. The molecule has 0 radical (unpaired) electrons. The van der Waals surface area contributed by atoms with Crippen LogP contribution in [0.3, 0.4) is 0 Å². The Morgan fingerprint density at radius 1 is 1.19 bits per heavy atom. The molecule has 2 N–H and O–H groups in total. The second-order valence-electron chi connectivity index (χ2n) is 10.5. The summed E-state index contributed by atoms with van der Waals surface area (Å²) in [5.74, 6) is 1.57. The first-order valence-corrected chi connectivity index (χ1v) is 11.7. The van der Waals surface area contributed by atoms with Crippen molar-refractivity contribution in [1.82, 2.24) is 10.3 Å². The lowest BCUT2D eigenvalue weighted by molar-refractivity contribution is -0.121. The Hall–Kier alpha value is -2.30. The molecule has 0 aliphatic heterocycles. The summed E-state index contributed by atoms with van der Waals surface area (Å²) >= 11 is 0. The second-order valence-corrected chi connectivity index (χ2v) is 10.5. The summed E-state index contributed by atoms with van der Waals surface area (Å²) in [7, 11) is 0. The molecule has 1 aromatic carbocycles. The van der Waals surface area contributed by atoms with Gasteiger partial charge in [-0.05, 0) is 76.8 Å². The van der Waals surface area contributed by atoms with Crippen LogP contribution in [0.5, 0.6) is 0 Å². The maximum absolute atomic E-state index is 12.7. The van der Waals surface area contributed by atoms with Crippen LogP contribution in [-0.2, 0) is 16.0 Å². The Morgan fingerprint density at radius 2 is 1.90 bits per heavy atom. The predicted molar refractivity (Wildman–Crippen MR) is 125 cm³/mol. The number of rotatable bonds is 7. The SMILES string of the molecule is CC(C)CC1c2[nH]c3ccccc3c2CCC1CCC(=O)[C@@H](C)NC(=O)OC(C)(C)C. The van der Waals surface area contributed by atoms with E-state index in [1.54, 1.807) is 6.92 Å². The highest BCUT2D eigenvalue weighted by atomic mass is 16.6. The first-order chi connectivity index (χ1) is 14.5. The van der Waals surface area contributed by atoms with Gasteiger partial charge in [0.15, 0.2) is 5.78 Å². The molecule has 0 spiro atoms. The highest BCUT2D eigenvalue weighted by Gasteiger charge is 2.33. The van der Waals surface area contributed by atoms with Crippen molar-refractivity contribution in [3.05, 3.63) is 35.5 Å². The van der Waals surface area contributed by atoms with Gasteiger partial charge in [-0.15, -0.1) is 0 Å². The quantitative estimate of drug-likeness (QED) is 0.560. The summed E-state index contributed by atoms with van der Waals surface area (Å²) in [6, 6.07) is 8.02. The molecule has 170 valence electrons. The van der Waals surface area contributed by atoms with Crippen molar-refractivity contribution in [2.75, 3.05) is 0 Å². The largest absolute Gasteiger partial charge is 0.444 e. The molecule has 0 bridgehead atoms. The summed E-state index contributed by atoms with van der Waals surface area (Å²) in [6.07, 6.45) is 4.07. The molecule has 1 amide bonds. The van der Waals surface area contributed by atoms with Crippen LogP contribution in [0, 0.1) is 11.8 Å². The average Bonchev–Trinajstić information content (AvgIpc) is 3.04. The molecule has 1 aromatic heterocycles. The van der Waals surface area contributed by atoms with E-state index in [2.05, 4.69) is 48.4 Å². The standard InChI is InChI=1S/C26H38N2O3/c1-16(2)15-21-18(11-13-20-19-9-7-8-10-22(19)28-24(20)21)12-14-23(29)17(3)27-25(30)31-26(4,5)6/h7-10,16-18,21,28H,11-15H2,1-6H3,(H,27,30)/t17-,18?,21?/m1/s1. The molecular weight excluding hydrogens is 388 g/mol. The van der Waals surface area contributed by atoms with E-state index in [0.717, 1.165) is 25.7 Å². The zero-order valence-corrected chi connectivity index (χ0v) is 19.9. The van der Waals surface area contributed by atoms with E-state index in [1.165, 1.54) is 22.2 Å². The number of hydrogen-bond donors (Lipinski definition) is 2. The van der Waals surface area contributed by atoms with Crippen LogP contribution in [0.25, 0.3) is 10.9 Å². The molecule has 5 heteroatoms. The van der Waals surface area contributed by atoms with Crippen LogP contribution in [0.2, 0.25) is 0 Å². The third-order valence-electron chi connectivity index (χ3n) is 6.25. The van der Waals surface area contributed by atoms with E-state index >= 15 is 0 Å². The first kappa shape index (κ1) is 23.4. The van der Waals surface area contributed by atoms with Crippen LogP contribution in [0.4, 0.5) is 4.79 Å². The molecule has 1 heterocycles. The number of carbonyl (C=O) groups excluding carboxylic acids is 2. The number of H-pyrrole nitrogens is 1. The van der Waals surface area contributed by atoms with Crippen molar-refractivity contribution in [2.24, 2.45) is 11.8 Å². The van der Waals surface area contributed by atoms with E-state index in [-0.39, 0.29) is 5.78 Å². The fourth-order valence-electron chi connectivity index (χ4n) is 4.85. The normalized spacial score (nSPS) is 19.8. The molecule has 3 atom stereocenters. The summed E-state index contributed by atoms with van der Waals surface area (Å²) < 4.78 is 5.28. The Kier molecular flexibility index (Phi) is 7.13. The smallest absolute Gasteiger partial charge is 0.408 e. The fourth-order valence-corrected chi connectivity index (χ4v) is 4.85. The van der Waals surface area contributed by atoms with Crippen LogP contribution in [0.1, 0.15) is 84.4 Å². The lowest BCUT2D eigenvalue weighted by atomic mass is 9.72. The number of Topliss-reactive ketones (excluding diaryl/α,β-unsaturated/α-hetero) is 1. The Morgan fingerprint density at radius 3 is 2.58 bits per heavy atom. The van der Waals surface area contributed by atoms with Crippen LogP contribution in [-0.4, -0.2) is 28.5 Å². The third kappa shape index (κ3) is 5.90. The number of hydrogen-bond acceptors (Lipinski definition) is 3. The van der Waals surface area contributed by atoms with Gasteiger partial charge in [0.05, 0.1) is 6.04 Å². The summed E-state index contributed by atoms with van der Waals surface area (Å²) in [6.45, 7) is 11.7. The van der Waals surface area contributed by atoms with Crippen LogP contribution < -0.4 is 5.32 Å². The van der Waals surface area contributed by atoms with Gasteiger partial charge in [0, 0.05) is 28.9 Å². The molecule has 31 heavy (non-hydrogen) atoms. The number of alkyl carbamates (subject to hydrolysis) is 1. The average molecular weight is 427 g/mol. The van der Waals surface area contributed by atoms with E-state index < -0.39 is 17.7 Å². The van der Waals surface area contributed by atoms with Gasteiger partial charge in [-0.2, -0.15) is 0 Å². The van der Waals surface area contributed by atoms with Crippen molar-refractivity contribution in [2.45, 2.75) is 91.2 Å². The van der Waals surface area contributed by atoms with Gasteiger partial charge in [-0.1, -0.05) is 32.0 Å². The molecule has 2 unspecified atom stereocenters. The van der Waals surface area contributed by atoms with Gasteiger partial charge in [0.2, 0.25) is 0 Å². The number of benzene rings is 1. The number of amides is 1. The molecule has 5 nitrogen and oxygen atoms in total. The molecule has 0 fully saturated rings. The van der Waals surface area contributed by atoms with Crippen molar-refractivity contribution >= 4 is 22.8 Å². The third-order valence-corrected chi connectivity index (χ3v) is 6.25. The summed E-state index contributed by atoms with van der Waals surface area (Å²) in [5, 5.41) is 4.03. The predicted octanol–water partition coefficient (Wildman–Crippen LogP) is 6.12. The Labute approximate surface area is 186 Å². The highest BCUT2D eigenvalue weighted by Crippen LogP contribution is 2.44. The van der Waals surface area contributed by atoms with E-state index in [4.69, 9.17) is 4.74 Å². The summed E-state index contributed by atoms with van der Waals surface area (Å²) in [4.78, 5) is 28.4. The zero-order valence-electron chi connectivity index (χ0n) is 19.9. The van der Waals surface area contributed by atoms with E-state index in [1.807, 2.05) is 20.8 Å². The number of aromatic amines is 1. The maximum Gasteiger partial charge on any atom is 0.408 e. The fraction of sp³-hybridized carbons (Fsp3) is 0.615. The highest BCUT2D eigenvalue weighted by molar-refractivity contribution is 5.87. The zero-order chi connectivity index (χ0) is 22.8. The van der Waals surface area contributed by atoms with Crippen LogP contribution in [0.15, 0.2) is 24.3 Å². The Bertz CT molecular complexity index is 922. The number of ether oxygens (including phenoxy) is 1. The van der Waals surface area contributed by atoms with Crippen LogP contribution >= 0.6 is 0 Å². The molecule has 0 saturated carbocycles. The molecule has 2 aromatic rings. The Balaban J connectivity index is 1.66. The number of aryl methyl sites for hydroxylation is 1. The number of nitrogens with one attached hydrogen (secondary N) is 2. The topological polar surface area (TPSA) is 71.2 Å². The second kappa shape index (κ2) is 9.46. The van der Waals surface area contributed by atoms with Crippen molar-refractivity contribution < 1.29 is 14.3 Å². The van der Waals surface area contributed by atoms with Gasteiger partial charge >= 0.3 is 6.09 Å². The van der Waals surface area contributed by atoms with Crippen molar-refractivity contribution in [3.8, 4) is 0 Å². The van der Waals surface area contributed by atoms with Crippen molar-refractivity contribution in [3.63, 3.8) is 0 Å². The van der Waals surface area contributed by atoms with E-state index in [0.29, 0.717) is 24.2 Å². The number of fused-ring (bicyclic) bond motifs is 3. The molecule has 3 rings (SSSR count). The van der Waals surface area contributed by atoms with Gasteiger partial charge in [0.25, 0.3) is 0 Å². The first-order valence-electron chi connectivity index (χ1n) is 11.7. The lowest BCUT2D eigenvalue weighted by Crippen LogP contribution is -2.41. The minimum atomic E-state index is -0.573. The molecule has 1 aliphatic carbocycles. The number of carbonyl (C=O) groups is 2. The molecule has 0 saturated heterocycles. The summed E-state index contributed by atoms with van der Waals surface area (Å²) in [5.41, 5.74) is 3.48. The minimum Gasteiger partial charge on any atom is -0.444 e. The van der Waals surface area contributed by atoms with Gasteiger partial charge in [-0.3, -0.25) is 4.79 Å². The molecular formula is C26H38N2O3.